The lowest BCUT2D eigenvalue weighted by Crippen LogP contribution is -2.06. The molecule has 0 saturated heterocycles. The van der Waals surface area contributed by atoms with E-state index in [9.17, 15) is 0 Å². The molecule has 1 rings (SSSR count). The Morgan fingerprint density at radius 3 is 2.57 bits per heavy atom. The summed E-state index contributed by atoms with van der Waals surface area (Å²) < 4.78 is 0. The van der Waals surface area contributed by atoms with E-state index < -0.39 is 0 Å². The highest BCUT2D eigenvalue weighted by Gasteiger charge is 2.02. The molecule has 1 aliphatic carbocycles. The summed E-state index contributed by atoms with van der Waals surface area (Å²) in [6, 6.07) is 0. The van der Waals surface area contributed by atoms with Crippen molar-refractivity contribution in [3.63, 3.8) is 0 Å². The molecule has 0 aromatic heterocycles. The first-order chi connectivity index (χ1) is 3.39. The van der Waals surface area contributed by atoms with E-state index in [0.29, 0.717) is 0 Å². The summed E-state index contributed by atoms with van der Waals surface area (Å²) in [6.45, 7) is 0. The number of allylic oxidation sites excluding steroid dienone is 1. The van der Waals surface area contributed by atoms with Crippen LogP contribution >= 0.6 is 0 Å². The first kappa shape index (κ1) is 4.85. The van der Waals surface area contributed by atoms with Crippen LogP contribution in [0.25, 0.3) is 0 Å². The topological polar surface area (TPSA) is 20.2 Å². The smallest absolute Gasteiger partial charge is 0.0577 e. The largest absolute Gasteiger partial charge is 0.393 e. The summed E-state index contributed by atoms with van der Waals surface area (Å²) in [5.74, 6) is 0. The molecule has 7 heavy (non-hydrogen) atoms. The second-order valence-electron chi connectivity index (χ2n) is 1.94. The Bertz CT molecular complexity index is 76.2. The normalized spacial score (nSPS) is 30.7. The van der Waals surface area contributed by atoms with Crippen LogP contribution in [0.4, 0.5) is 0 Å². The van der Waals surface area contributed by atoms with Crippen LogP contribution in [0.1, 0.15) is 19.3 Å². The molecule has 0 saturated carbocycles. The maximum atomic E-state index is 8.86. The first-order valence-corrected chi connectivity index (χ1v) is 2.72. The van der Waals surface area contributed by atoms with Gasteiger partial charge in [0.15, 0.2) is 0 Å². The van der Waals surface area contributed by atoms with Crippen molar-refractivity contribution in [1.29, 1.82) is 0 Å². The molecule has 1 aliphatic rings. The van der Waals surface area contributed by atoms with Gasteiger partial charge in [-0.3, -0.25) is 0 Å². The molecule has 0 aromatic rings. The molecule has 0 heterocycles. The number of hydrogen-bond acceptors (Lipinski definition) is 1. The Morgan fingerprint density at radius 2 is 2.29 bits per heavy atom. The second kappa shape index (κ2) is 2.12. The summed E-state index contributed by atoms with van der Waals surface area (Å²) >= 11 is 0. The summed E-state index contributed by atoms with van der Waals surface area (Å²) in [7, 11) is 0. The zero-order valence-corrected chi connectivity index (χ0v) is 4.30. The van der Waals surface area contributed by atoms with Gasteiger partial charge in [0.1, 0.15) is 0 Å². The zero-order chi connectivity index (χ0) is 5.11. The third kappa shape index (κ3) is 1.32. The molecule has 0 amide bonds. The fourth-order valence-corrected chi connectivity index (χ4v) is 0.778. The lowest BCUT2D eigenvalue weighted by Gasteiger charge is -2.08. The standard InChI is InChI=1S/C6H10O/c7-6-4-2-1-3-5-6/h1-2,6-7H,3-5H2/t6-/m0/s1. The van der Waals surface area contributed by atoms with Gasteiger partial charge in [0.25, 0.3) is 0 Å². The van der Waals surface area contributed by atoms with E-state index in [1.54, 1.807) is 0 Å². The summed E-state index contributed by atoms with van der Waals surface area (Å²) in [6.07, 6.45) is 6.98. The number of rotatable bonds is 0. The molecular formula is C6H10O. The quantitative estimate of drug-likeness (QED) is 0.449. The van der Waals surface area contributed by atoms with Gasteiger partial charge in [-0.15, -0.1) is 0 Å². The van der Waals surface area contributed by atoms with Crippen LogP contribution in [-0.4, -0.2) is 11.2 Å². The predicted molar refractivity (Wildman–Crippen MR) is 29.0 cm³/mol. The maximum absolute atomic E-state index is 8.86. The van der Waals surface area contributed by atoms with Crippen molar-refractivity contribution in [1.82, 2.24) is 0 Å². The van der Waals surface area contributed by atoms with E-state index in [1.165, 1.54) is 0 Å². The van der Waals surface area contributed by atoms with Crippen LogP contribution in [0.15, 0.2) is 12.2 Å². The zero-order valence-electron chi connectivity index (χ0n) is 4.30. The predicted octanol–water partition coefficient (Wildman–Crippen LogP) is 1.09. The third-order valence-electron chi connectivity index (χ3n) is 1.24. The highest BCUT2D eigenvalue weighted by Crippen LogP contribution is 2.08. The first-order valence-electron chi connectivity index (χ1n) is 2.72. The van der Waals surface area contributed by atoms with Crippen molar-refractivity contribution in [3.05, 3.63) is 12.2 Å². The van der Waals surface area contributed by atoms with Crippen molar-refractivity contribution < 1.29 is 5.11 Å². The van der Waals surface area contributed by atoms with E-state index in [1.807, 2.05) is 6.08 Å². The minimum Gasteiger partial charge on any atom is -0.393 e. The average Bonchev–Trinajstić information content (AvgIpc) is 1.69. The fraction of sp³-hybridized carbons (Fsp3) is 0.667. The highest BCUT2D eigenvalue weighted by molar-refractivity contribution is 4.89. The molecule has 40 valence electrons. The fourth-order valence-electron chi connectivity index (χ4n) is 0.778. The van der Waals surface area contributed by atoms with Crippen LogP contribution in [0, 0.1) is 0 Å². The maximum Gasteiger partial charge on any atom is 0.0577 e. The summed E-state index contributed by atoms with van der Waals surface area (Å²) in [5, 5.41) is 8.86. The molecule has 1 nitrogen and oxygen atoms in total. The van der Waals surface area contributed by atoms with Gasteiger partial charge in [0, 0.05) is 0 Å². The Kier molecular flexibility index (Phi) is 1.47. The van der Waals surface area contributed by atoms with Gasteiger partial charge in [0.05, 0.1) is 6.10 Å². The van der Waals surface area contributed by atoms with Crippen molar-refractivity contribution in [3.8, 4) is 0 Å². The van der Waals surface area contributed by atoms with Gasteiger partial charge in [-0.05, 0) is 19.3 Å². The highest BCUT2D eigenvalue weighted by atomic mass is 16.3. The number of hydrogen-bond donors (Lipinski definition) is 1. The van der Waals surface area contributed by atoms with Crippen molar-refractivity contribution in [2.24, 2.45) is 0 Å². The van der Waals surface area contributed by atoms with Gasteiger partial charge in [-0.25, -0.2) is 0 Å². The average molecular weight is 98.1 g/mol. The second-order valence-corrected chi connectivity index (χ2v) is 1.94. The van der Waals surface area contributed by atoms with Crippen LogP contribution in [0.3, 0.4) is 0 Å². The Balaban J connectivity index is 2.32. The van der Waals surface area contributed by atoms with Crippen LogP contribution in [0.5, 0.6) is 0 Å². The van der Waals surface area contributed by atoms with Crippen LogP contribution in [0.2, 0.25) is 0 Å². The monoisotopic (exact) mass is 98.1 g/mol. The lowest BCUT2D eigenvalue weighted by atomic mass is 10.1. The van der Waals surface area contributed by atoms with Crippen molar-refractivity contribution in [2.75, 3.05) is 0 Å². The van der Waals surface area contributed by atoms with E-state index in [2.05, 4.69) is 6.08 Å². The Hall–Kier alpha value is -0.300. The van der Waals surface area contributed by atoms with Crippen molar-refractivity contribution >= 4 is 0 Å². The van der Waals surface area contributed by atoms with Gasteiger partial charge in [-0.2, -0.15) is 0 Å². The minimum atomic E-state index is -0.0509. The third-order valence-corrected chi connectivity index (χ3v) is 1.24. The Morgan fingerprint density at radius 1 is 1.43 bits per heavy atom. The van der Waals surface area contributed by atoms with Gasteiger partial charge >= 0.3 is 0 Å². The molecule has 0 aromatic carbocycles. The molecule has 1 heteroatoms. The van der Waals surface area contributed by atoms with E-state index >= 15 is 0 Å². The van der Waals surface area contributed by atoms with Gasteiger partial charge in [0.2, 0.25) is 0 Å². The SMILES string of the molecule is O[C@H]1CC=CCC1. The molecule has 0 fully saturated rings. The van der Waals surface area contributed by atoms with Crippen LogP contribution in [-0.2, 0) is 0 Å². The molecule has 0 radical (unpaired) electrons. The Labute approximate surface area is 43.7 Å². The molecular weight excluding hydrogens is 88.1 g/mol. The van der Waals surface area contributed by atoms with Crippen LogP contribution < -0.4 is 0 Å². The van der Waals surface area contributed by atoms with Crippen molar-refractivity contribution in [2.45, 2.75) is 25.4 Å². The molecule has 1 atom stereocenters. The number of aliphatic hydroxyl groups excluding tert-OH is 1. The summed E-state index contributed by atoms with van der Waals surface area (Å²) in [4.78, 5) is 0. The van der Waals surface area contributed by atoms with E-state index in [0.717, 1.165) is 19.3 Å². The van der Waals surface area contributed by atoms with Gasteiger partial charge < -0.3 is 5.11 Å². The van der Waals surface area contributed by atoms with E-state index in [4.69, 9.17) is 5.11 Å². The van der Waals surface area contributed by atoms with E-state index in [-0.39, 0.29) is 6.10 Å². The lowest BCUT2D eigenvalue weighted by molar-refractivity contribution is 0.164. The molecule has 0 bridgehead atoms. The van der Waals surface area contributed by atoms with Gasteiger partial charge in [-0.1, -0.05) is 12.2 Å². The molecule has 1 N–H and O–H groups in total. The molecule has 0 aliphatic heterocycles. The molecule has 0 spiro atoms. The molecule has 0 unspecified atom stereocenters. The minimum absolute atomic E-state index is 0.0509. The summed E-state index contributed by atoms with van der Waals surface area (Å²) in [5.41, 5.74) is 0. The number of aliphatic hydroxyl groups is 1.